The summed E-state index contributed by atoms with van der Waals surface area (Å²) in [7, 11) is 0. The molecule has 0 aliphatic carbocycles. The Morgan fingerprint density at radius 3 is 2.83 bits per heavy atom. The Morgan fingerprint density at radius 1 is 1.12 bits per heavy atom. The van der Waals surface area contributed by atoms with E-state index in [-0.39, 0.29) is 12.0 Å². The van der Waals surface area contributed by atoms with Gasteiger partial charge in [-0.15, -0.1) is 0 Å². The molecule has 0 radical (unpaired) electrons. The largest absolute Gasteiger partial charge is 0.366 e. The van der Waals surface area contributed by atoms with Crippen molar-refractivity contribution in [1.82, 2.24) is 20.9 Å². The van der Waals surface area contributed by atoms with Crippen molar-refractivity contribution in [2.24, 2.45) is 4.99 Å². The zero-order valence-electron chi connectivity index (χ0n) is 12.8. The number of pyridine rings is 1. The lowest BCUT2D eigenvalue weighted by molar-refractivity contribution is 0.594. The maximum Gasteiger partial charge on any atom is 0.132 e. The van der Waals surface area contributed by atoms with Gasteiger partial charge >= 0.3 is 0 Å². The van der Waals surface area contributed by atoms with Gasteiger partial charge in [-0.2, -0.15) is 0 Å². The summed E-state index contributed by atoms with van der Waals surface area (Å²) < 4.78 is 13.3. The van der Waals surface area contributed by atoms with Gasteiger partial charge < -0.3 is 16.0 Å². The fourth-order valence-corrected chi connectivity index (χ4v) is 2.70. The monoisotopic (exact) mass is 321 g/mol. The van der Waals surface area contributed by atoms with Crippen LogP contribution in [0.15, 0.2) is 77.5 Å². The summed E-state index contributed by atoms with van der Waals surface area (Å²) in [6.45, 7) is 0.527. The Morgan fingerprint density at radius 2 is 2.08 bits per heavy atom. The Hall–Kier alpha value is -3.15. The second-order valence-corrected chi connectivity index (χ2v) is 5.58. The van der Waals surface area contributed by atoms with E-state index in [0.29, 0.717) is 12.4 Å². The van der Waals surface area contributed by atoms with Gasteiger partial charge in [0.25, 0.3) is 0 Å². The van der Waals surface area contributed by atoms with Gasteiger partial charge in [-0.3, -0.25) is 9.98 Å². The lowest BCUT2D eigenvalue weighted by Crippen LogP contribution is -2.27. The zero-order valence-corrected chi connectivity index (χ0v) is 12.8. The minimum absolute atomic E-state index is 0.00296. The summed E-state index contributed by atoms with van der Waals surface area (Å²) in [5.74, 6) is 0.407. The third kappa shape index (κ3) is 2.86. The first-order valence-corrected chi connectivity index (χ1v) is 7.68. The molecule has 1 aromatic carbocycles. The number of aliphatic imine (C=N–C) groups is 1. The summed E-state index contributed by atoms with van der Waals surface area (Å²) in [6.07, 6.45) is 7.43. The fourth-order valence-electron chi connectivity index (χ4n) is 2.70. The van der Waals surface area contributed by atoms with Gasteiger partial charge in [-0.1, -0.05) is 18.2 Å². The van der Waals surface area contributed by atoms with Crippen LogP contribution < -0.4 is 16.0 Å². The molecule has 1 atom stereocenters. The van der Waals surface area contributed by atoms with Crippen LogP contribution in [0.4, 0.5) is 4.39 Å². The topological polar surface area (TPSA) is 61.3 Å². The number of hydrogen-bond acceptors (Lipinski definition) is 5. The Bertz CT molecular complexity index is 841. The number of benzene rings is 1. The Kier molecular flexibility index (Phi) is 3.70. The Balaban J connectivity index is 1.43. The summed E-state index contributed by atoms with van der Waals surface area (Å²) in [6, 6.07) is 10.3. The summed E-state index contributed by atoms with van der Waals surface area (Å²) in [5, 5.41) is 9.85. The van der Waals surface area contributed by atoms with E-state index in [0.717, 1.165) is 22.4 Å². The van der Waals surface area contributed by atoms with E-state index in [2.05, 4.69) is 25.9 Å². The molecule has 0 spiro atoms. The quantitative estimate of drug-likeness (QED) is 0.811. The van der Waals surface area contributed by atoms with E-state index in [4.69, 9.17) is 0 Å². The maximum absolute atomic E-state index is 13.3. The first-order chi connectivity index (χ1) is 11.8. The average Bonchev–Trinajstić information content (AvgIpc) is 3.13. The molecule has 6 heteroatoms. The molecule has 1 unspecified atom stereocenters. The molecule has 0 saturated heterocycles. The molecular weight excluding hydrogens is 305 g/mol. The van der Waals surface area contributed by atoms with Crippen LogP contribution in [0.3, 0.4) is 0 Å². The van der Waals surface area contributed by atoms with Crippen LogP contribution in [-0.4, -0.2) is 17.4 Å². The first kappa shape index (κ1) is 14.4. The van der Waals surface area contributed by atoms with Gasteiger partial charge in [0.2, 0.25) is 0 Å². The maximum atomic E-state index is 13.3. The number of nitrogens with one attached hydrogen (secondary N) is 3. The van der Waals surface area contributed by atoms with Crippen molar-refractivity contribution < 1.29 is 4.39 Å². The van der Waals surface area contributed by atoms with Crippen LogP contribution in [0.25, 0.3) is 0 Å². The molecule has 0 saturated carbocycles. The van der Waals surface area contributed by atoms with Crippen molar-refractivity contribution in [1.29, 1.82) is 0 Å². The number of halogens is 1. The first-order valence-electron chi connectivity index (χ1n) is 7.68. The molecule has 0 bridgehead atoms. The van der Waals surface area contributed by atoms with Gasteiger partial charge in [0.15, 0.2) is 0 Å². The van der Waals surface area contributed by atoms with E-state index in [1.165, 1.54) is 12.1 Å². The van der Waals surface area contributed by atoms with Crippen LogP contribution in [0.2, 0.25) is 0 Å². The number of aromatic nitrogens is 1. The van der Waals surface area contributed by atoms with E-state index in [9.17, 15) is 4.39 Å². The van der Waals surface area contributed by atoms with Crippen LogP contribution in [0, 0.1) is 5.82 Å². The lowest BCUT2D eigenvalue weighted by atomic mass is 10.1. The van der Waals surface area contributed by atoms with Gasteiger partial charge in [0.1, 0.15) is 17.8 Å². The van der Waals surface area contributed by atoms with E-state index in [1.54, 1.807) is 12.3 Å². The van der Waals surface area contributed by atoms with Gasteiger partial charge in [0, 0.05) is 41.5 Å². The minimum Gasteiger partial charge on any atom is -0.366 e. The molecule has 2 aliphatic rings. The molecule has 0 fully saturated rings. The molecule has 3 N–H and O–H groups in total. The third-order valence-electron chi connectivity index (χ3n) is 3.95. The minimum atomic E-state index is -0.268. The van der Waals surface area contributed by atoms with Gasteiger partial charge in [-0.25, -0.2) is 4.39 Å². The number of nitrogens with zero attached hydrogens (tertiary/aromatic N) is 2. The molecule has 5 nitrogen and oxygen atoms in total. The van der Waals surface area contributed by atoms with Crippen molar-refractivity contribution in [3.8, 4) is 0 Å². The van der Waals surface area contributed by atoms with Crippen molar-refractivity contribution in [2.75, 3.05) is 6.54 Å². The normalized spacial score (nSPS) is 19.4. The summed E-state index contributed by atoms with van der Waals surface area (Å²) in [5.41, 5.74) is 3.83. The molecule has 2 aliphatic heterocycles. The molecule has 120 valence electrons. The van der Waals surface area contributed by atoms with Crippen molar-refractivity contribution >= 4 is 5.84 Å². The predicted molar refractivity (Wildman–Crippen MR) is 90.4 cm³/mol. The molecule has 1 aromatic heterocycles. The number of hydrogen-bond donors (Lipinski definition) is 3. The second-order valence-electron chi connectivity index (χ2n) is 5.58. The molecule has 4 rings (SSSR count). The highest BCUT2D eigenvalue weighted by atomic mass is 19.1. The zero-order chi connectivity index (χ0) is 16.4. The van der Waals surface area contributed by atoms with E-state index < -0.39 is 0 Å². The predicted octanol–water partition coefficient (Wildman–Crippen LogP) is 2.19. The smallest absolute Gasteiger partial charge is 0.132 e. The van der Waals surface area contributed by atoms with Crippen molar-refractivity contribution in [2.45, 2.75) is 6.17 Å². The van der Waals surface area contributed by atoms with E-state index in [1.807, 2.05) is 36.8 Å². The standard InChI is InChI=1S/C18H16FN5/c19-15-5-1-3-12(7-15)17-21-9-14(10-22-17)16-11-23-18(24-16)13-4-2-6-20-8-13/h1-9,11,18,23-24H,10H2,(H,21,22). The molecular formula is C18H16FN5. The molecule has 3 heterocycles. The fraction of sp³-hybridized carbons (Fsp3) is 0.111. The van der Waals surface area contributed by atoms with Crippen molar-refractivity contribution in [3.05, 3.63) is 89.4 Å². The second kappa shape index (κ2) is 6.16. The highest BCUT2D eigenvalue weighted by Crippen LogP contribution is 2.21. The third-order valence-corrected chi connectivity index (χ3v) is 3.95. The van der Waals surface area contributed by atoms with Crippen LogP contribution in [0.5, 0.6) is 0 Å². The van der Waals surface area contributed by atoms with Crippen LogP contribution in [-0.2, 0) is 0 Å². The van der Waals surface area contributed by atoms with Crippen LogP contribution >= 0.6 is 0 Å². The van der Waals surface area contributed by atoms with Gasteiger partial charge in [0.05, 0.1) is 12.2 Å². The number of amidine groups is 1. The Labute approximate surface area is 139 Å². The summed E-state index contributed by atoms with van der Waals surface area (Å²) >= 11 is 0. The average molecular weight is 321 g/mol. The summed E-state index contributed by atoms with van der Waals surface area (Å²) in [4.78, 5) is 8.65. The molecule has 24 heavy (non-hydrogen) atoms. The highest BCUT2D eigenvalue weighted by molar-refractivity contribution is 6.00. The van der Waals surface area contributed by atoms with Crippen LogP contribution in [0.1, 0.15) is 17.3 Å². The van der Waals surface area contributed by atoms with Crippen molar-refractivity contribution in [3.63, 3.8) is 0 Å². The SMILES string of the molecule is Fc1cccc(C2=NCC(C3=CNC(c4cccnc4)N3)=CN2)c1. The number of rotatable bonds is 3. The molecule has 2 aromatic rings. The van der Waals surface area contributed by atoms with Gasteiger partial charge in [-0.05, 0) is 18.2 Å². The highest BCUT2D eigenvalue weighted by Gasteiger charge is 2.21. The lowest BCUT2D eigenvalue weighted by Gasteiger charge is -2.18. The van der Waals surface area contributed by atoms with E-state index >= 15 is 0 Å². The molecule has 0 amide bonds.